The van der Waals surface area contributed by atoms with Gasteiger partial charge in [0.1, 0.15) is 11.9 Å². The lowest BCUT2D eigenvalue weighted by atomic mass is 10.1. The zero-order chi connectivity index (χ0) is 18.5. The summed E-state index contributed by atoms with van der Waals surface area (Å²) >= 11 is 6.45. The molecule has 0 aliphatic heterocycles. The van der Waals surface area contributed by atoms with E-state index >= 15 is 0 Å². The number of halogens is 1. The lowest BCUT2D eigenvalue weighted by Crippen LogP contribution is -2.00. The van der Waals surface area contributed by atoms with Gasteiger partial charge in [-0.2, -0.15) is 5.10 Å². The van der Waals surface area contributed by atoms with Crippen molar-refractivity contribution in [3.8, 4) is 11.4 Å². The smallest absolute Gasteiger partial charge is 0.175 e. The van der Waals surface area contributed by atoms with Crippen molar-refractivity contribution in [1.82, 2.24) is 9.78 Å². The monoisotopic (exact) mass is 385 g/mol. The van der Waals surface area contributed by atoms with E-state index in [0.29, 0.717) is 10.8 Å². The third kappa shape index (κ3) is 2.62. The Morgan fingerprint density at radius 1 is 1.04 bits per heavy atom. The van der Waals surface area contributed by atoms with Crippen LogP contribution in [0.2, 0.25) is 5.02 Å². The predicted octanol–water partition coefficient (Wildman–Crippen LogP) is 4.04. The van der Waals surface area contributed by atoms with Gasteiger partial charge in [-0.15, -0.1) is 0 Å². The Morgan fingerprint density at radius 3 is 2.38 bits per heavy atom. The van der Waals surface area contributed by atoms with Gasteiger partial charge in [0.05, 0.1) is 28.2 Å². The van der Waals surface area contributed by atoms with Crippen LogP contribution in [0.5, 0.6) is 5.75 Å². The molecule has 26 heavy (non-hydrogen) atoms. The number of benzene rings is 3. The van der Waals surface area contributed by atoms with Crippen molar-refractivity contribution in [2.24, 2.45) is 0 Å². The molecule has 0 atom stereocenters. The van der Waals surface area contributed by atoms with Crippen LogP contribution in [0, 0.1) is 6.20 Å². The quantitative estimate of drug-likeness (QED) is 0.534. The largest absolute Gasteiger partial charge is 0.495 e. The number of rotatable bonds is 3. The van der Waals surface area contributed by atoms with Gasteiger partial charge >= 0.3 is 0 Å². The Hall–Kier alpha value is -2.57. The van der Waals surface area contributed by atoms with Gasteiger partial charge in [0.2, 0.25) is 0 Å². The zero-order valence-electron chi connectivity index (χ0n) is 14.0. The maximum atomic E-state index is 11.7. The first-order valence-electron chi connectivity index (χ1n) is 7.76. The molecule has 7 heteroatoms. The van der Waals surface area contributed by atoms with Gasteiger partial charge < -0.3 is 4.74 Å². The number of aromatic nitrogens is 2. The average Bonchev–Trinajstić information content (AvgIpc) is 3.06. The first-order chi connectivity index (χ1) is 12.4. The summed E-state index contributed by atoms with van der Waals surface area (Å²) in [5, 5.41) is 7.48. The van der Waals surface area contributed by atoms with Crippen molar-refractivity contribution in [3.05, 3.63) is 59.8 Å². The molecule has 131 valence electrons. The van der Waals surface area contributed by atoms with Gasteiger partial charge in [-0.1, -0.05) is 17.7 Å². The van der Waals surface area contributed by atoms with E-state index in [-0.39, 0.29) is 4.90 Å². The molecule has 1 radical (unpaired) electrons. The fourth-order valence-electron chi connectivity index (χ4n) is 2.98. The van der Waals surface area contributed by atoms with Crippen LogP contribution in [-0.2, 0) is 9.84 Å². The van der Waals surface area contributed by atoms with Gasteiger partial charge in [-0.25, -0.2) is 13.1 Å². The number of hydrogen-bond donors (Lipinski definition) is 0. The van der Waals surface area contributed by atoms with Gasteiger partial charge in [-0.3, -0.25) is 0 Å². The molecule has 0 saturated heterocycles. The summed E-state index contributed by atoms with van der Waals surface area (Å²) in [6.07, 6.45) is 4.17. The average molecular weight is 386 g/mol. The molecule has 1 aromatic heterocycles. The van der Waals surface area contributed by atoms with Crippen LogP contribution in [0.15, 0.2) is 53.4 Å². The second-order valence-electron chi connectivity index (χ2n) is 5.93. The normalized spacial score (nSPS) is 12.0. The first kappa shape index (κ1) is 16.9. The van der Waals surface area contributed by atoms with Crippen molar-refractivity contribution < 1.29 is 13.2 Å². The van der Waals surface area contributed by atoms with E-state index in [4.69, 9.17) is 16.3 Å². The molecular weight excluding hydrogens is 372 g/mol. The summed E-state index contributed by atoms with van der Waals surface area (Å²) in [5.74, 6) is 0.603. The van der Waals surface area contributed by atoms with Crippen molar-refractivity contribution in [3.63, 3.8) is 0 Å². The van der Waals surface area contributed by atoms with Crippen LogP contribution in [0.3, 0.4) is 0 Å². The van der Waals surface area contributed by atoms with E-state index in [9.17, 15) is 8.42 Å². The summed E-state index contributed by atoms with van der Waals surface area (Å²) in [4.78, 5) is 0.263. The molecule has 0 fully saturated rings. The Kier molecular flexibility index (Phi) is 3.89. The van der Waals surface area contributed by atoms with E-state index in [1.165, 1.54) is 6.26 Å². The van der Waals surface area contributed by atoms with E-state index in [1.807, 2.05) is 24.3 Å². The van der Waals surface area contributed by atoms with E-state index in [1.54, 1.807) is 36.1 Å². The van der Waals surface area contributed by atoms with Crippen molar-refractivity contribution in [2.45, 2.75) is 4.90 Å². The molecule has 0 N–H and O–H groups in total. The third-order valence-electron chi connectivity index (χ3n) is 4.28. The third-order valence-corrected chi connectivity index (χ3v) is 5.80. The highest BCUT2D eigenvalue weighted by atomic mass is 35.5. The molecule has 0 unspecified atom stereocenters. The SMILES string of the molecule is COc1ccc2c(ccc3[c]nn(-c4ccc(S(C)(=O)=O)cc4)c32)c1Cl. The predicted molar refractivity (Wildman–Crippen MR) is 102 cm³/mol. The molecule has 0 saturated carbocycles. The Labute approximate surface area is 155 Å². The molecule has 1 heterocycles. The molecule has 3 aromatic carbocycles. The lowest BCUT2D eigenvalue weighted by Gasteiger charge is -2.10. The van der Waals surface area contributed by atoms with Gasteiger partial charge in [0.25, 0.3) is 0 Å². The molecule has 0 aliphatic rings. The van der Waals surface area contributed by atoms with Crippen LogP contribution < -0.4 is 4.74 Å². The molecule has 5 nitrogen and oxygen atoms in total. The minimum absolute atomic E-state index is 0.263. The van der Waals surface area contributed by atoms with E-state index in [2.05, 4.69) is 11.3 Å². The standard InChI is InChI=1S/C19H14ClN2O3S/c1-25-17-10-9-16-15(18(17)20)8-3-12-11-21-22(19(12)16)13-4-6-14(7-5-13)26(2,23)24/h3-10H,1-2H3. The molecule has 4 rings (SSSR count). The molecule has 0 aliphatic carbocycles. The lowest BCUT2D eigenvalue weighted by molar-refractivity contribution is 0.415. The first-order valence-corrected chi connectivity index (χ1v) is 10.0. The topological polar surface area (TPSA) is 61.2 Å². The fraction of sp³-hybridized carbons (Fsp3) is 0.105. The van der Waals surface area contributed by atoms with Gasteiger partial charge in [-0.05, 0) is 42.5 Å². The summed E-state index contributed by atoms with van der Waals surface area (Å²) < 4.78 is 30.3. The minimum Gasteiger partial charge on any atom is -0.495 e. The van der Waals surface area contributed by atoms with Crippen LogP contribution in [0.1, 0.15) is 0 Å². The Morgan fingerprint density at radius 2 is 1.73 bits per heavy atom. The number of hydrogen-bond acceptors (Lipinski definition) is 4. The number of ether oxygens (including phenoxy) is 1. The number of fused-ring (bicyclic) bond motifs is 3. The van der Waals surface area contributed by atoms with Crippen molar-refractivity contribution in [1.29, 1.82) is 0 Å². The summed E-state index contributed by atoms with van der Waals surface area (Å²) in [6.45, 7) is 0. The van der Waals surface area contributed by atoms with E-state index < -0.39 is 9.84 Å². The molecular formula is C19H14ClN2O3S. The molecule has 4 aromatic rings. The number of methoxy groups -OCH3 is 1. The highest BCUT2D eigenvalue weighted by Crippen LogP contribution is 2.36. The molecule has 0 amide bonds. The van der Waals surface area contributed by atoms with Crippen molar-refractivity contribution >= 4 is 43.1 Å². The Balaban J connectivity index is 1.98. The van der Waals surface area contributed by atoms with Crippen LogP contribution in [0.4, 0.5) is 0 Å². The maximum absolute atomic E-state index is 11.7. The Bertz CT molecular complexity index is 1250. The van der Waals surface area contributed by atoms with Crippen LogP contribution in [-0.4, -0.2) is 31.6 Å². The molecule has 0 spiro atoms. The van der Waals surface area contributed by atoms with Gasteiger partial charge in [0.15, 0.2) is 9.84 Å². The van der Waals surface area contributed by atoms with Crippen molar-refractivity contribution in [2.75, 3.05) is 13.4 Å². The van der Waals surface area contributed by atoms with Crippen LogP contribution >= 0.6 is 11.6 Å². The number of nitrogens with zero attached hydrogens (tertiary/aromatic N) is 2. The van der Waals surface area contributed by atoms with Crippen LogP contribution in [0.25, 0.3) is 27.4 Å². The molecule has 0 bridgehead atoms. The number of sulfone groups is 1. The second kappa shape index (κ2) is 6.00. The zero-order valence-corrected chi connectivity index (χ0v) is 15.6. The summed E-state index contributed by atoms with van der Waals surface area (Å²) in [5.41, 5.74) is 1.59. The van der Waals surface area contributed by atoms with E-state index in [0.717, 1.165) is 27.4 Å². The highest BCUT2D eigenvalue weighted by molar-refractivity contribution is 7.90. The summed E-state index contributed by atoms with van der Waals surface area (Å²) in [7, 11) is -1.67. The maximum Gasteiger partial charge on any atom is 0.175 e. The van der Waals surface area contributed by atoms with Gasteiger partial charge in [0, 0.05) is 22.4 Å². The highest BCUT2D eigenvalue weighted by Gasteiger charge is 2.14. The summed E-state index contributed by atoms with van der Waals surface area (Å²) in [6, 6.07) is 14.1. The fourth-order valence-corrected chi connectivity index (χ4v) is 3.92. The minimum atomic E-state index is -3.25. The second-order valence-corrected chi connectivity index (χ2v) is 8.32.